The summed E-state index contributed by atoms with van der Waals surface area (Å²) in [5.74, 6) is 0. The summed E-state index contributed by atoms with van der Waals surface area (Å²) in [6.45, 7) is 0. The van der Waals surface area contributed by atoms with Crippen molar-refractivity contribution in [2.45, 2.75) is 12.8 Å². The van der Waals surface area contributed by atoms with Gasteiger partial charge in [0.15, 0.2) is 0 Å². The Kier molecular flexibility index (Phi) is 2.77. The maximum Gasteiger partial charge on any atom is 0.0746 e. The van der Waals surface area contributed by atoms with Gasteiger partial charge in [0.05, 0.1) is 10.1 Å². The fourth-order valence-corrected chi connectivity index (χ4v) is 2.00. The topological polar surface area (TPSA) is 24.1 Å². The van der Waals surface area contributed by atoms with Gasteiger partial charge in [-0.1, -0.05) is 36.1 Å². The van der Waals surface area contributed by atoms with Crippen molar-refractivity contribution in [2.75, 3.05) is 0 Å². The van der Waals surface area contributed by atoms with E-state index in [-0.39, 0.29) is 0 Å². The Bertz CT molecular complexity index is 270. The van der Waals surface area contributed by atoms with Crippen molar-refractivity contribution < 1.29 is 0 Å². The van der Waals surface area contributed by atoms with Crippen LogP contribution < -0.4 is 10.6 Å². The highest BCUT2D eigenvalue weighted by atomic mass is 32.2. The average molecular weight is 192 g/mol. The molecule has 0 fully saturated rings. The Balaban J connectivity index is 1.90. The minimum Gasteiger partial charge on any atom is -0.357 e. The normalized spacial score (nSPS) is 20.0. The Labute approximate surface area is 82.5 Å². The molecule has 0 aromatic rings. The molecule has 0 saturated heterocycles. The molecule has 13 heavy (non-hydrogen) atoms. The van der Waals surface area contributed by atoms with Gasteiger partial charge in [-0.05, 0) is 25.2 Å². The first kappa shape index (κ1) is 8.51. The number of hydrogen-bond acceptors (Lipinski definition) is 3. The third-order valence-corrected chi connectivity index (χ3v) is 2.79. The first-order valence-electron chi connectivity index (χ1n) is 4.36. The zero-order valence-corrected chi connectivity index (χ0v) is 8.10. The van der Waals surface area contributed by atoms with E-state index in [0.717, 1.165) is 12.8 Å². The van der Waals surface area contributed by atoms with Crippen LogP contribution in [0.5, 0.6) is 0 Å². The molecule has 0 amide bonds. The van der Waals surface area contributed by atoms with Gasteiger partial charge in [0.1, 0.15) is 0 Å². The quantitative estimate of drug-likeness (QED) is 0.702. The number of thioether (sulfide) groups is 1. The lowest BCUT2D eigenvalue weighted by molar-refractivity contribution is 1.07. The maximum absolute atomic E-state index is 3.20. The van der Waals surface area contributed by atoms with E-state index >= 15 is 0 Å². The predicted octanol–water partition coefficient (Wildman–Crippen LogP) is 2.42. The van der Waals surface area contributed by atoms with E-state index in [4.69, 9.17) is 0 Å². The van der Waals surface area contributed by atoms with Crippen LogP contribution in [0.15, 0.2) is 46.8 Å². The van der Waals surface area contributed by atoms with E-state index in [1.807, 2.05) is 12.4 Å². The Morgan fingerprint density at radius 1 is 0.923 bits per heavy atom. The van der Waals surface area contributed by atoms with Crippen molar-refractivity contribution in [3.8, 4) is 0 Å². The van der Waals surface area contributed by atoms with Crippen LogP contribution >= 0.6 is 11.8 Å². The third-order valence-electron chi connectivity index (χ3n) is 1.79. The van der Waals surface area contributed by atoms with Crippen molar-refractivity contribution in [1.29, 1.82) is 0 Å². The van der Waals surface area contributed by atoms with Gasteiger partial charge in [-0.15, -0.1) is 0 Å². The molecule has 0 aromatic carbocycles. The Morgan fingerprint density at radius 3 is 1.85 bits per heavy atom. The minimum absolute atomic E-state index is 1.03. The van der Waals surface area contributed by atoms with Gasteiger partial charge in [-0.25, -0.2) is 0 Å². The molecule has 68 valence electrons. The van der Waals surface area contributed by atoms with E-state index < -0.39 is 0 Å². The zero-order chi connectivity index (χ0) is 8.93. The van der Waals surface area contributed by atoms with Crippen LogP contribution in [0.2, 0.25) is 0 Å². The summed E-state index contributed by atoms with van der Waals surface area (Å²) in [5.41, 5.74) is 0. The van der Waals surface area contributed by atoms with Crippen LogP contribution in [-0.2, 0) is 0 Å². The Morgan fingerprint density at radius 2 is 1.46 bits per heavy atom. The maximum atomic E-state index is 3.20. The van der Waals surface area contributed by atoms with E-state index in [0.29, 0.717) is 0 Å². The molecular weight excluding hydrogens is 180 g/mol. The second-order valence-corrected chi connectivity index (χ2v) is 3.89. The number of nitrogens with one attached hydrogen (secondary N) is 2. The second kappa shape index (κ2) is 4.23. The van der Waals surface area contributed by atoms with Crippen LogP contribution in [0.1, 0.15) is 12.8 Å². The summed E-state index contributed by atoms with van der Waals surface area (Å²) in [6.07, 6.45) is 14.6. The summed E-state index contributed by atoms with van der Waals surface area (Å²) < 4.78 is 0. The molecular formula is C10H12N2S. The van der Waals surface area contributed by atoms with Crippen molar-refractivity contribution in [1.82, 2.24) is 10.6 Å². The van der Waals surface area contributed by atoms with Crippen LogP contribution in [0.3, 0.4) is 0 Å². The van der Waals surface area contributed by atoms with Crippen LogP contribution in [0.4, 0.5) is 0 Å². The lowest BCUT2D eigenvalue weighted by Crippen LogP contribution is -2.10. The Hall–Kier alpha value is -1.09. The monoisotopic (exact) mass is 192 g/mol. The minimum atomic E-state index is 1.03. The van der Waals surface area contributed by atoms with E-state index in [1.165, 1.54) is 10.1 Å². The SMILES string of the molecule is C1=CNC(SC2=CCC=CN2)=CC1. The van der Waals surface area contributed by atoms with Gasteiger partial charge < -0.3 is 10.6 Å². The first-order chi connectivity index (χ1) is 6.45. The number of hydrogen-bond donors (Lipinski definition) is 2. The molecule has 3 heteroatoms. The van der Waals surface area contributed by atoms with E-state index in [1.54, 1.807) is 11.8 Å². The fourth-order valence-electron chi connectivity index (χ4n) is 1.15. The van der Waals surface area contributed by atoms with Gasteiger partial charge in [0.25, 0.3) is 0 Å². The molecule has 2 rings (SSSR count). The molecule has 0 saturated carbocycles. The highest BCUT2D eigenvalue weighted by Gasteiger charge is 2.03. The van der Waals surface area contributed by atoms with Gasteiger partial charge >= 0.3 is 0 Å². The molecule has 0 aliphatic carbocycles. The third kappa shape index (κ3) is 2.42. The summed E-state index contributed by atoms with van der Waals surface area (Å²) in [4.78, 5) is 0. The molecule has 0 atom stereocenters. The average Bonchev–Trinajstić information content (AvgIpc) is 2.21. The van der Waals surface area contributed by atoms with Crippen molar-refractivity contribution in [2.24, 2.45) is 0 Å². The molecule has 2 aliphatic rings. The smallest absolute Gasteiger partial charge is 0.0746 e. The highest BCUT2D eigenvalue weighted by Crippen LogP contribution is 2.24. The van der Waals surface area contributed by atoms with E-state index in [2.05, 4.69) is 34.9 Å². The van der Waals surface area contributed by atoms with Gasteiger partial charge in [0.2, 0.25) is 0 Å². The molecule has 2 nitrogen and oxygen atoms in total. The summed E-state index contributed by atoms with van der Waals surface area (Å²) in [7, 11) is 0. The van der Waals surface area contributed by atoms with Gasteiger partial charge in [-0.2, -0.15) is 0 Å². The summed E-state index contributed by atoms with van der Waals surface area (Å²) in [6, 6.07) is 0. The molecule has 2 aliphatic heterocycles. The van der Waals surface area contributed by atoms with Crippen molar-refractivity contribution in [3.63, 3.8) is 0 Å². The fraction of sp³-hybridized carbons (Fsp3) is 0.200. The molecule has 0 spiro atoms. The molecule has 0 bridgehead atoms. The van der Waals surface area contributed by atoms with Crippen molar-refractivity contribution >= 4 is 11.8 Å². The van der Waals surface area contributed by atoms with Crippen molar-refractivity contribution in [3.05, 3.63) is 46.8 Å². The lowest BCUT2D eigenvalue weighted by Gasteiger charge is -2.14. The predicted molar refractivity (Wildman–Crippen MR) is 57.5 cm³/mol. The van der Waals surface area contributed by atoms with Crippen LogP contribution in [0, 0.1) is 0 Å². The van der Waals surface area contributed by atoms with Gasteiger partial charge in [-0.3, -0.25) is 0 Å². The number of allylic oxidation sites excluding steroid dienone is 4. The summed E-state index contributed by atoms with van der Waals surface area (Å²) >= 11 is 1.74. The van der Waals surface area contributed by atoms with E-state index in [9.17, 15) is 0 Å². The van der Waals surface area contributed by atoms with Crippen LogP contribution in [0.25, 0.3) is 0 Å². The molecule has 2 N–H and O–H groups in total. The standard InChI is InChI=1S/C10H12N2S/c1-3-7-11-9(5-1)13-10-6-2-4-8-12-10/h3-8,11-12H,1-2H2. The first-order valence-corrected chi connectivity index (χ1v) is 5.18. The highest BCUT2D eigenvalue weighted by molar-refractivity contribution is 8.06. The molecule has 0 unspecified atom stereocenters. The lowest BCUT2D eigenvalue weighted by atomic mass is 10.3. The second-order valence-electron chi connectivity index (χ2n) is 2.80. The van der Waals surface area contributed by atoms with Gasteiger partial charge in [0, 0.05) is 0 Å². The zero-order valence-electron chi connectivity index (χ0n) is 7.29. The molecule has 2 heterocycles. The van der Waals surface area contributed by atoms with Crippen LogP contribution in [-0.4, -0.2) is 0 Å². The molecule has 0 aromatic heterocycles. The summed E-state index contributed by atoms with van der Waals surface area (Å²) in [5, 5.41) is 8.82. The number of rotatable bonds is 2. The largest absolute Gasteiger partial charge is 0.357 e. The molecule has 0 radical (unpaired) electrons. The number of dihydropyridines is 2.